The molecule has 0 radical (unpaired) electrons. The van der Waals surface area contributed by atoms with Gasteiger partial charge in [-0.15, -0.1) is 0 Å². The van der Waals surface area contributed by atoms with Crippen molar-refractivity contribution in [2.45, 2.75) is 106 Å². The number of carboxylic acids is 1. The Morgan fingerprint density at radius 2 is 1.43 bits per heavy atom. The molecule has 2 unspecified atom stereocenters. The van der Waals surface area contributed by atoms with Crippen LogP contribution < -0.4 is 15.2 Å². The van der Waals surface area contributed by atoms with Crippen molar-refractivity contribution in [3.8, 4) is 11.5 Å². The first-order valence-electron chi connectivity index (χ1n) is 13.8. The number of hydrogen-bond acceptors (Lipinski definition) is 9. The molecule has 10 nitrogen and oxygen atoms in total. The van der Waals surface area contributed by atoms with Crippen molar-refractivity contribution in [2.75, 3.05) is 6.61 Å². The molecule has 0 amide bonds. The molecule has 0 saturated heterocycles. The summed E-state index contributed by atoms with van der Waals surface area (Å²) in [6.07, 6.45) is 0.150. The second kappa shape index (κ2) is 15.0. The molecule has 1 aromatic rings. The number of hydrogen-bond donors (Lipinski definition) is 2. The average Bonchev–Trinajstić information content (AvgIpc) is 2.87. The maximum absolute atomic E-state index is 13.0. The van der Waals surface area contributed by atoms with Gasteiger partial charge in [-0.1, -0.05) is 33.8 Å². The first kappa shape index (κ1) is 34.9. The predicted octanol–water partition coefficient (Wildman–Crippen LogP) is 5.84. The van der Waals surface area contributed by atoms with E-state index in [1.54, 1.807) is 40.7 Å². The van der Waals surface area contributed by atoms with E-state index in [0.29, 0.717) is 30.7 Å². The lowest BCUT2D eigenvalue weighted by atomic mass is 9.86. The topological polar surface area (TPSA) is 151 Å². The Bertz CT molecular complexity index is 1030. The Labute approximate surface area is 237 Å². The van der Waals surface area contributed by atoms with Crippen LogP contribution in [-0.4, -0.2) is 47.9 Å². The van der Waals surface area contributed by atoms with Crippen LogP contribution in [0.3, 0.4) is 0 Å². The minimum Gasteiger partial charge on any atom is -0.480 e. The van der Waals surface area contributed by atoms with Crippen LogP contribution in [0, 0.1) is 16.7 Å². The molecule has 40 heavy (non-hydrogen) atoms. The van der Waals surface area contributed by atoms with Crippen LogP contribution in [0.4, 0.5) is 4.79 Å². The van der Waals surface area contributed by atoms with Gasteiger partial charge in [-0.3, -0.25) is 14.4 Å². The minimum absolute atomic E-state index is 0.0243. The van der Waals surface area contributed by atoms with Crippen molar-refractivity contribution in [3.63, 3.8) is 0 Å². The lowest BCUT2D eigenvalue weighted by Gasteiger charge is -2.26. The molecule has 0 aliphatic carbocycles. The SMILES string of the molecule is CCC(C)(C)C(=O)Oc1ccc(C(CC(C)OC(=O)OCCC(C)C)[C@H](N)C(=O)O)cc1OC(=O)C(C)(C)CC. The monoisotopic (exact) mass is 565 g/mol. The van der Waals surface area contributed by atoms with E-state index in [4.69, 9.17) is 24.7 Å². The van der Waals surface area contributed by atoms with Crippen molar-refractivity contribution < 1.29 is 43.2 Å². The number of esters is 2. The quantitative estimate of drug-likeness (QED) is 0.196. The number of nitrogens with two attached hydrogens (primary N) is 1. The van der Waals surface area contributed by atoms with Gasteiger partial charge in [-0.25, -0.2) is 4.79 Å². The smallest absolute Gasteiger partial charge is 0.480 e. The molecule has 0 spiro atoms. The van der Waals surface area contributed by atoms with E-state index in [9.17, 15) is 24.3 Å². The van der Waals surface area contributed by atoms with Gasteiger partial charge in [0.05, 0.1) is 17.4 Å². The summed E-state index contributed by atoms with van der Waals surface area (Å²) in [5.74, 6) is -2.81. The van der Waals surface area contributed by atoms with Crippen molar-refractivity contribution in [1.29, 1.82) is 0 Å². The molecule has 0 bridgehead atoms. The standard InChI is InChI=1S/C30H47NO9/c1-10-29(6,7)26(34)39-22-13-12-20(17-23(22)40-27(35)30(8,9)11-2)21(24(31)25(32)33)16-19(5)38-28(36)37-15-14-18(3)4/h12-13,17-19,21,24H,10-11,14-16,31H2,1-9H3,(H,32,33)/t19?,21?,24-/m0/s1. The van der Waals surface area contributed by atoms with Crippen LogP contribution >= 0.6 is 0 Å². The molecule has 3 N–H and O–H groups in total. The number of carbonyl (C=O) groups is 4. The summed E-state index contributed by atoms with van der Waals surface area (Å²) >= 11 is 0. The van der Waals surface area contributed by atoms with Crippen LogP contribution in [0.25, 0.3) is 0 Å². The zero-order valence-corrected chi connectivity index (χ0v) is 25.4. The maximum Gasteiger partial charge on any atom is 0.508 e. The van der Waals surface area contributed by atoms with Crippen molar-refractivity contribution in [2.24, 2.45) is 22.5 Å². The second-order valence-electron chi connectivity index (χ2n) is 11.9. The van der Waals surface area contributed by atoms with Gasteiger partial charge in [0, 0.05) is 5.92 Å². The first-order chi connectivity index (χ1) is 18.4. The summed E-state index contributed by atoms with van der Waals surface area (Å²) in [5, 5.41) is 9.71. The summed E-state index contributed by atoms with van der Waals surface area (Å²) < 4.78 is 21.8. The zero-order valence-electron chi connectivity index (χ0n) is 25.4. The van der Waals surface area contributed by atoms with E-state index >= 15 is 0 Å². The highest BCUT2D eigenvalue weighted by Crippen LogP contribution is 2.37. The van der Waals surface area contributed by atoms with E-state index < -0.39 is 53.0 Å². The largest absolute Gasteiger partial charge is 0.508 e. The molecule has 3 atom stereocenters. The molecule has 226 valence electrons. The number of carbonyl (C=O) groups excluding carboxylic acids is 3. The fourth-order valence-corrected chi connectivity index (χ4v) is 3.33. The van der Waals surface area contributed by atoms with E-state index in [-0.39, 0.29) is 24.5 Å². The van der Waals surface area contributed by atoms with E-state index in [1.807, 2.05) is 27.7 Å². The maximum atomic E-state index is 13.0. The highest BCUT2D eigenvalue weighted by Gasteiger charge is 2.34. The summed E-state index contributed by atoms with van der Waals surface area (Å²) in [7, 11) is 0. The van der Waals surface area contributed by atoms with Gasteiger partial charge >= 0.3 is 24.1 Å². The Morgan fingerprint density at radius 1 is 0.900 bits per heavy atom. The molecular formula is C30H47NO9. The first-order valence-corrected chi connectivity index (χ1v) is 13.8. The number of aliphatic carboxylic acids is 1. The molecule has 0 heterocycles. The Balaban J connectivity index is 3.38. The summed E-state index contributed by atoms with van der Waals surface area (Å²) in [4.78, 5) is 49.8. The molecule has 10 heteroatoms. The lowest BCUT2D eigenvalue weighted by Crippen LogP contribution is -2.38. The summed E-state index contributed by atoms with van der Waals surface area (Å²) in [6.45, 7) is 16.5. The Hall–Kier alpha value is -3.14. The van der Waals surface area contributed by atoms with E-state index in [2.05, 4.69) is 0 Å². The van der Waals surface area contributed by atoms with E-state index in [0.717, 1.165) is 0 Å². The highest BCUT2D eigenvalue weighted by molar-refractivity contribution is 5.81. The minimum atomic E-state index is -1.37. The van der Waals surface area contributed by atoms with Crippen molar-refractivity contribution in [1.82, 2.24) is 0 Å². The molecule has 0 saturated carbocycles. The highest BCUT2D eigenvalue weighted by atomic mass is 16.7. The third-order valence-electron chi connectivity index (χ3n) is 7.19. The average molecular weight is 566 g/mol. The van der Waals surface area contributed by atoms with Gasteiger partial charge in [0.1, 0.15) is 12.1 Å². The van der Waals surface area contributed by atoms with E-state index in [1.165, 1.54) is 12.1 Å². The summed E-state index contributed by atoms with van der Waals surface area (Å²) in [5.41, 5.74) is 4.86. The molecule has 1 aromatic carbocycles. The molecular weight excluding hydrogens is 518 g/mol. The number of carboxylic acid groups (broad SMARTS) is 1. The molecule has 0 aliphatic heterocycles. The van der Waals surface area contributed by atoms with Crippen LogP contribution in [0.5, 0.6) is 11.5 Å². The normalized spacial score (nSPS) is 14.2. The fourth-order valence-electron chi connectivity index (χ4n) is 3.33. The third kappa shape index (κ3) is 10.4. The Morgan fingerprint density at radius 3 is 1.90 bits per heavy atom. The molecule has 0 aliphatic rings. The third-order valence-corrected chi connectivity index (χ3v) is 7.19. The molecule has 0 fully saturated rings. The number of rotatable bonds is 15. The summed E-state index contributed by atoms with van der Waals surface area (Å²) in [6, 6.07) is 3.09. The van der Waals surface area contributed by atoms with Gasteiger partial charge in [0.2, 0.25) is 0 Å². The fraction of sp³-hybridized carbons (Fsp3) is 0.667. The van der Waals surface area contributed by atoms with Crippen molar-refractivity contribution in [3.05, 3.63) is 23.8 Å². The molecule has 1 rings (SSSR count). The zero-order chi connectivity index (χ0) is 30.8. The van der Waals surface area contributed by atoms with Gasteiger partial charge in [0.25, 0.3) is 0 Å². The number of benzene rings is 1. The second-order valence-corrected chi connectivity index (χ2v) is 11.9. The van der Waals surface area contributed by atoms with Gasteiger partial charge in [-0.05, 0) is 83.9 Å². The van der Waals surface area contributed by atoms with Gasteiger partial charge in [0.15, 0.2) is 11.5 Å². The van der Waals surface area contributed by atoms with Gasteiger partial charge < -0.3 is 29.8 Å². The predicted molar refractivity (Wildman–Crippen MR) is 150 cm³/mol. The molecule has 0 aromatic heterocycles. The van der Waals surface area contributed by atoms with Crippen LogP contribution in [-0.2, 0) is 23.9 Å². The number of ether oxygens (including phenoxy) is 4. The van der Waals surface area contributed by atoms with Crippen LogP contribution in [0.1, 0.15) is 99.5 Å². The van der Waals surface area contributed by atoms with Crippen LogP contribution in [0.15, 0.2) is 18.2 Å². The van der Waals surface area contributed by atoms with Crippen LogP contribution in [0.2, 0.25) is 0 Å². The Kier molecular flexibility index (Phi) is 13.1. The lowest BCUT2D eigenvalue weighted by molar-refractivity contribution is -0.147. The van der Waals surface area contributed by atoms with Gasteiger partial charge in [-0.2, -0.15) is 0 Å². The van der Waals surface area contributed by atoms with Crippen molar-refractivity contribution >= 4 is 24.1 Å².